The molecule has 0 spiro atoms. The van der Waals surface area contributed by atoms with E-state index in [1.807, 2.05) is 0 Å². The van der Waals surface area contributed by atoms with E-state index in [9.17, 15) is 13.2 Å². The Kier molecular flexibility index (Phi) is 8.22. The molecule has 0 atom stereocenters. The molecule has 1 N–H and O–H groups in total. The molecule has 0 fully saturated rings. The van der Waals surface area contributed by atoms with E-state index in [2.05, 4.69) is 10.5 Å². The Morgan fingerprint density at radius 3 is 2.13 bits per heavy atom. The van der Waals surface area contributed by atoms with Crippen molar-refractivity contribution in [3.05, 3.63) is 42.0 Å². The summed E-state index contributed by atoms with van der Waals surface area (Å²) in [6, 6.07) is 9.48. The third-order valence-corrected chi connectivity index (χ3v) is 6.08. The van der Waals surface area contributed by atoms with Crippen LogP contribution in [0.15, 0.2) is 46.4 Å². The summed E-state index contributed by atoms with van der Waals surface area (Å²) in [6.07, 6.45) is 1.37. The molecule has 0 aliphatic carbocycles. The quantitative estimate of drug-likeness (QED) is 0.430. The molecule has 0 unspecified atom stereocenters. The van der Waals surface area contributed by atoms with Crippen LogP contribution in [0.3, 0.4) is 0 Å². The number of nitrogens with zero attached hydrogens (tertiary/aromatic N) is 2. The molecule has 168 valence electrons. The van der Waals surface area contributed by atoms with Crippen LogP contribution < -0.4 is 24.4 Å². The molecule has 10 nitrogen and oxygen atoms in total. The van der Waals surface area contributed by atoms with Crippen LogP contribution in [-0.2, 0) is 14.8 Å². The number of carbonyl (C=O) groups is 1. The summed E-state index contributed by atoms with van der Waals surface area (Å²) >= 11 is 0. The molecule has 2 aromatic carbocycles. The molecule has 0 saturated heterocycles. The maximum Gasteiger partial charge on any atom is 0.255 e. The number of carbonyl (C=O) groups excluding carboxylic acids is 1. The smallest absolute Gasteiger partial charge is 0.255 e. The van der Waals surface area contributed by atoms with Gasteiger partial charge >= 0.3 is 0 Å². The number of hydrogen-bond acceptors (Lipinski definition) is 8. The number of nitrogens with one attached hydrogen (secondary N) is 1. The largest absolute Gasteiger partial charge is 0.497 e. The fourth-order valence-electron chi connectivity index (χ4n) is 2.59. The van der Waals surface area contributed by atoms with Crippen LogP contribution in [0, 0.1) is 0 Å². The molecule has 2 aromatic rings. The van der Waals surface area contributed by atoms with Gasteiger partial charge in [-0.1, -0.05) is 0 Å². The van der Waals surface area contributed by atoms with E-state index >= 15 is 0 Å². The zero-order valence-electron chi connectivity index (χ0n) is 17.9. The van der Waals surface area contributed by atoms with Crippen molar-refractivity contribution in [2.45, 2.75) is 4.90 Å². The van der Waals surface area contributed by atoms with Crippen LogP contribution >= 0.6 is 0 Å². The Morgan fingerprint density at radius 1 is 0.968 bits per heavy atom. The number of hydrazone groups is 1. The Labute approximate surface area is 181 Å². The minimum Gasteiger partial charge on any atom is -0.497 e. The summed E-state index contributed by atoms with van der Waals surface area (Å²) in [7, 11) is 3.06. The van der Waals surface area contributed by atoms with Gasteiger partial charge in [0.25, 0.3) is 5.91 Å². The summed E-state index contributed by atoms with van der Waals surface area (Å²) < 4.78 is 47.3. The Hall–Kier alpha value is -3.31. The Morgan fingerprint density at radius 2 is 1.55 bits per heavy atom. The van der Waals surface area contributed by atoms with Gasteiger partial charge in [-0.15, -0.1) is 0 Å². The number of likely N-dealkylation sites (N-methyl/N-ethyl adjacent to an activating group) is 1. The number of hydrogen-bond donors (Lipinski definition) is 1. The van der Waals surface area contributed by atoms with E-state index in [1.165, 1.54) is 53.8 Å². The van der Waals surface area contributed by atoms with Crippen LogP contribution in [0.2, 0.25) is 0 Å². The van der Waals surface area contributed by atoms with E-state index in [0.29, 0.717) is 22.8 Å². The first-order chi connectivity index (χ1) is 14.8. The van der Waals surface area contributed by atoms with Gasteiger partial charge in [0.2, 0.25) is 10.0 Å². The van der Waals surface area contributed by atoms with Crippen LogP contribution in [0.1, 0.15) is 5.56 Å². The average Bonchev–Trinajstić information content (AvgIpc) is 2.78. The van der Waals surface area contributed by atoms with E-state index < -0.39 is 22.5 Å². The summed E-state index contributed by atoms with van der Waals surface area (Å²) in [5.41, 5.74) is 2.87. The number of methoxy groups -OCH3 is 4. The molecule has 0 heterocycles. The van der Waals surface area contributed by atoms with Gasteiger partial charge in [-0.05, 0) is 30.3 Å². The third-order valence-electron chi connectivity index (χ3n) is 4.26. The second-order valence-corrected chi connectivity index (χ2v) is 8.19. The third kappa shape index (κ3) is 5.86. The highest BCUT2D eigenvalue weighted by atomic mass is 32.2. The predicted molar refractivity (Wildman–Crippen MR) is 115 cm³/mol. The number of rotatable bonds is 10. The topological polar surface area (TPSA) is 116 Å². The van der Waals surface area contributed by atoms with Crippen LogP contribution in [0.25, 0.3) is 0 Å². The molecular weight excluding hydrogens is 426 g/mol. The van der Waals surface area contributed by atoms with Gasteiger partial charge in [0.1, 0.15) is 27.9 Å². The lowest BCUT2D eigenvalue weighted by atomic mass is 10.2. The molecule has 2 rings (SSSR count). The molecule has 1 amide bonds. The summed E-state index contributed by atoms with van der Waals surface area (Å²) in [6.45, 7) is -0.463. The molecule has 0 aromatic heterocycles. The minimum absolute atomic E-state index is 0.116. The SMILES string of the molecule is COc1ccc(OC)c(/C=N\NC(=O)CN(C)S(=O)(=O)c2cc(OC)ccc2OC)c1. The highest BCUT2D eigenvalue weighted by Crippen LogP contribution is 2.30. The van der Waals surface area contributed by atoms with Crippen molar-refractivity contribution in [2.75, 3.05) is 42.0 Å². The highest BCUT2D eigenvalue weighted by molar-refractivity contribution is 7.89. The van der Waals surface area contributed by atoms with Crippen molar-refractivity contribution in [1.82, 2.24) is 9.73 Å². The summed E-state index contributed by atoms with van der Waals surface area (Å²) in [4.78, 5) is 12.1. The normalized spacial score (nSPS) is 11.4. The van der Waals surface area contributed by atoms with Crippen LogP contribution in [-0.4, -0.2) is 66.9 Å². The first kappa shape index (κ1) is 24.0. The maximum absolute atomic E-state index is 12.9. The fourth-order valence-corrected chi connectivity index (χ4v) is 3.88. The monoisotopic (exact) mass is 451 g/mol. The van der Waals surface area contributed by atoms with Crippen molar-refractivity contribution >= 4 is 22.1 Å². The van der Waals surface area contributed by atoms with Gasteiger partial charge in [0, 0.05) is 18.7 Å². The van der Waals surface area contributed by atoms with E-state index in [4.69, 9.17) is 18.9 Å². The van der Waals surface area contributed by atoms with E-state index in [-0.39, 0.29) is 10.6 Å². The standard InChI is InChI=1S/C20H25N3O7S/c1-23(31(25,26)19-11-16(28-3)7-9-18(19)30-5)13-20(24)22-21-12-14-10-15(27-2)6-8-17(14)29-4/h6-12H,13H2,1-5H3,(H,22,24)/b21-12-. The first-order valence-electron chi connectivity index (χ1n) is 8.99. The summed E-state index contributed by atoms with van der Waals surface area (Å²) in [5.74, 6) is 0.964. The Bertz CT molecular complexity index is 1050. The second kappa shape index (κ2) is 10.6. The second-order valence-electron chi connectivity index (χ2n) is 6.18. The van der Waals surface area contributed by atoms with Gasteiger partial charge in [0.15, 0.2) is 0 Å². The molecule has 0 aliphatic heterocycles. The number of ether oxygens (including phenoxy) is 4. The van der Waals surface area contributed by atoms with Gasteiger partial charge in [0.05, 0.1) is 41.2 Å². The Balaban J connectivity index is 2.11. The van der Waals surface area contributed by atoms with E-state index in [0.717, 1.165) is 4.31 Å². The van der Waals surface area contributed by atoms with E-state index in [1.54, 1.807) is 24.3 Å². The molecule has 0 bridgehead atoms. The number of sulfonamides is 1. The molecule has 0 saturated carbocycles. The number of benzene rings is 2. The van der Waals surface area contributed by atoms with Crippen molar-refractivity contribution in [3.63, 3.8) is 0 Å². The first-order valence-corrected chi connectivity index (χ1v) is 10.4. The highest BCUT2D eigenvalue weighted by Gasteiger charge is 2.27. The zero-order chi connectivity index (χ0) is 23.0. The number of amides is 1. The van der Waals surface area contributed by atoms with Crippen LogP contribution in [0.4, 0.5) is 0 Å². The molecule has 0 aliphatic rings. The lowest BCUT2D eigenvalue weighted by Crippen LogP contribution is -2.36. The molecule has 0 radical (unpaired) electrons. The zero-order valence-corrected chi connectivity index (χ0v) is 18.7. The molecule has 11 heteroatoms. The van der Waals surface area contributed by atoms with Crippen molar-refractivity contribution in [1.29, 1.82) is 0 Å². The molecule has 31 heavy (non-hydrogen) atoms. The van der Waals surface area contributed by atoms with Gasteiger partial charge in [-0.2, -0.15) is 9.41 Å². The average molecular weight is 452 g/mol. The minimum atomic E-state index is -4.03. The van der Waals surface area contributed by atoms with Crippen molar-refractivity contribution in [3.8, 4) is 23.0 Å². The summed E-state index contributed by atoms with van der Waals surface area (Å²) in [5, 5.41) is 3.87. The van der Waals surface area contributed by atoms with Crippen molar-refractivity contribution in [2.24, 2.45) is 5.10 Å². The molecular formula is C20H25N3O7S. The lowest BCUT2D eigenvalue weighted by Gasteiger charge is -2.18. The van der Waals surface area contributed by atoms with Crippen molar-refractivity contribution < 1.29 is 32.2 Å². The maximum atomic E-state index is 12.9. The van der Waals surface area contributed by atoms with Gasteiger partial charge in [-0.3, -0.25) is 4.79 Å². The predicted octanol–water partition coefficient (Wildman–Crippen LogP) is 1.49. The fraction of sp³-hybridized carbons (Fsp3) is 0.300. The van der Waals surface area contributed by atoms with Gasteiger partial charge in [-0.25, -0.2) is 13.8 Å². The van der Waals surface area contributed by atoms with Gasteiger partial charge < -0.3 is 18.9 Å². The lowest BCUT2D eigenvalue weighted by molar-refractivity contribution is -0.121. The van der Waals surface area contributed by atoms with Crippen LogP contribution in [0.5, 0.6) is 23.0 Å².